The summed E-state index contributed by atoms with van der Waals surface area (Å²) in [6, 6.07) is 9.79. The zero-order valence-electron chi connectivity index (χ0n) is 15.9. The van der Waals surface area contributed by atoms with Gasteiger partial charge in [-0.2, -0.15) is 4.72 Å². The Labute approximate surface area is 160 Å². The van der Waals surface area contributed by atoms with Crippen molar-refractivity contribution in [2.75, 3.05) is 5.32 Å². The third-order valence-corrected chi connectivity index (χ3v) is 5.67. The van der Waals surface area contributed by atoms with Crippen LogP contribution in [0.5, 0.6) is 0 Å². The minimum Gasteiger partial charge on any atom is -0.324 e. The molecule has 27 heavy (non-hydrogen) atoms. The molecule has 0 spiro atoms. The van der Waals surface area contributed by atoms with Crippen molar-refractivity contribution in [1.82, 2.24) is 4.72 Å². The molecule has 2 rings (SSSR count). The maximum Gasteiger partial charge on any atom is 0.242 e. The topological polar surface area (TPSA) is 75.3 Å². The lowest BCUT2D eigenvalue weighted by atomic mass is 10.0. The maximum atomic E-state index is 13.7. The van der Waals surface area contributed by atoms with Gasteiger partial charge in [-0.25, -0.2) is 12.8 Å². The summed E-state index contributed by atoms with van der Waals surface area (Å²) in [7, 11) is -3.86. The second kappa shape index (κ2) is 8.63. The van der Waals surface area contributed by atoms with Crippen LogP contribution in [-0.2, 0) is 14.8 Å². The maximum absolute atomic E-state index is 13.7. The van der Waals surface area contributed by atoms with Gasteiger partial charge >= 0.3 is 0 Å². The molecule has 0 saturated carbocycles. The second-order valence-electron chi connectivity index (χ2n) is 7.02. The summed E-state index contributed by atoms with van der Waals surface area (Å²) >= 11 is 0. The molecule has 0 fully saturated rings. The Bertz CT molecular complexity index is 909. The summed E-state index contributed by atoms with van der Waals surface area (Å²) in [5.74, 6) is -0.878. The van der Waals surface area contributed by atoms with E-state index in [1.807, 2.05) is 20.8 Å². The van der Waals surface area contributed by atoms with Crippen LogP contribution >= 0.6 is 0 Å². The standard InChI is InChI=1S/C20H25FN2O3S/c1-13(2)12-19(20(24)22-18-7-5-6-17(21)15(18)4)23-27(25,26)16-10-8-14(3)9-11-16/h5-11,13,19,23H,12H2,1-4H3,(H,22,24)/t19-/m0/s1. The summed E-state index contributed by atoms with van der Waals surface area (Å²) < 4.78 is 41.5. The normalized spacial score (nSPS) is 12.8. The van der Waals surface area contributed by atoms with Crippen LogP contribution in [0.15, 0.2) is 47.4 Å². The Balaban J connectivity index is 2.25. The number of sulfonamides is 1. The molecule has 0 aliphatic heterocycles. The van der Waals surface area contributed by atoms with Crippen LogP contribution in [-0.4, -0.2) is 20.4 Å². The van der Waals surface area contributed by atoms with Gasteiger partial charge in [0.15, 0.2) is 0 Å². The second-order valence-corrected chi connectivity index (χ2v) is 8.73. The van der Waals surface area contributed by atoms with Gasteiger partial charge in [0, 0.05) is 11.3 Å². The molecule has 146 valence electrons. The number of carbonyl (C=O) groups is 1. The predicted molar refractivity (Wildman–Crippen MR) is 105 cm³/mol. The fourth-order valence-electron chi connectivity index (χ4n) is 2.62. The van der Waals surface area contributed by atoms with Gasteiger partial charge < -0.3 is 5.32 Å². The van der Waals surface area contributed by atoms with Crippen LogP contribution in [0.25, 0.3) is 0 Å². The zero-order valence-corrected chi connectivity index (χ0v) is 16.7. The highest BCUT2D eigenvalue weighted by Gasteiger charge is 2.27. The number of aryl methyl sites for hydroxylation is 1. The molecule has 2 aromatic carbocycles. The fourth-order valence-corrected chi connectivity index (χ4v) is 3.82. The monoisotopic (exact) mass is 392 g/mol. The van der Waals surface area contributed by atoms with Crippen molar-refractivity contribution in [3.05, 3.63) is 59.4 Å². The van der Waals surface area contributed by atoms with Crippen LogP contribution in [0, 0.1) is 25.6 Å². The Morgan fingerprint density at radius 3 is 2.30 bits per heavy atom. The molecule has 2 N–H and O–H groups in total. The highest BCUT2D eigenvalue weighted by Crippen LogP contribution is 2.19. The first-order valence-corrected chi connectivity index (χ1v) is 10.2. The quantitative estimate of drug-likeness (QED) is 0.753. The van der Waals surface area contributed by atoms with Crippen molar-refractivity contribution in [1.29, 1.82) is 0 Å². The van der Waals surface area contributed by atoms with Crippen LogP contribution in [0.4, 0.5) is 10.1 Å². The molecule has 1 atom stereocenters. The van der Waals surface area contributed by atoms with Crippen molar-refractivity contribution in [2.45, 2.75) is 45.1 Å². The summed E-state index contributed by atoms with van der Waals surface area (Å²) in [5.41, 5.74) is 1.56. The summed E-state index contributed by atoms with van der Waals surface area (Å²) in [6.07, 6.45) is 0.311. The number of rotatable bonds is 7. The predicted octanol–water partition coefficient (Wildman–Crippen LogP) is 3.77. The van der Waals surface area contributed by atoms with Gasteiger partial charge in [-0.15, -0.1) is 0 Å². The van der Waals surface area contributed by atoms with Crippen molar-refractivity contribution in [3.63, 3.8) is 0 Å². The van der Waals surface area contributed by atoms with E-state index in [2.05, 4.69) is 10.0 Å². The van der Waals surface area contributed by atoms with Crippen molar-refractivity contribution in [3.8, 4) is 0 Å². The van der Waals surface area contributed by atoms with Gasteiger partial charge in [0.05, 0.1) is 4.90 Å². The average Bonchev–Trinajstić information content (AvgIpc) is 2.58. The molecule has 0 aliphatic rings. The van der Waals surface area contributed by atoms with E-state index in [4.69, 9.17) is 0 Å². The molecule has 1 amide bonds. The Kier molecular flexibility index (Phi) is 6.73. The van der Waals surface area contributed by atoms with E-state index in [0.29, 0.717) is 17.7 Å². The Morgan fingerprint density at radius 1 is 1.07 bits per heavy atom. The Hall–Kier alpha value is -2.25. The van der Waals surface area contributed by atoms with Crippen LogP contribution in [0.2, 0.25) is 0 Å². The number of hydrogen-bond acceptors (Lipinski definition) is 3. The number of amides is 1. The van der Waals surface area contributed by atoms with E-state index in [-0.39, 0.29) is 10.8 Å². The highest BCUT2D eigenvalue weighted by molar-refractivity contribution is 7.89. The summed E-state index contributed by atoms with van der Waals surface area (Å²) in [5, 5.41) is 2.63. The minimum absolute atomic E-state index is 0.0788. The van der Waals surface area contributed by atoms with Crippen LogP contribution in [0.1, 0.15) is 31.4 Å². The Morgan fingerprint density at radius 2 is 1.70 bits per heavy atom. The number of anilines is 1. The minimum atomic E-state index is -3.86. The van der Waals surface area contributed by atoms with Crippen LogP contribution in [0.3, 0.4) is 0 Å². The smallest absolute Gasteiger partial charge is 0.242 e. The van der Waals surface area contributed by atoms with Crippen molar-refractivity contribution in [2.24, 2.45) is 5.92 Å². The molecular weight excluding hydrogens is 367 g/mol. The van der Waals surface area contributed by atoms with Crippen LogP contribution < -0.4 is 10.0 Å². The van der Waals surface area contributed by atoms with Crippen molar-refractivity contribution >= 4 is 21.6 Å². The molecule has 0 saturated heterocycles. The van der Waals surface area contributed by atoms with E-state index in [1.54, 1.807) is 25.1 Å². The molecule has 0 radical (unpaired) electrons. The van der Waals surface area contributed by atoms with Gasteiger partial charge in [0.1, 0.15) is 11.9 Å². The molecule has 7 heteroatoms. The highest BCUT2D eigenvalue weighted by atomic mass is 32.2. The first-order chi connectivity index (χ1) is 12.6. The molecule has 2 aromatic rings. The van der Waals surface area contributed by atoms with E-state index in [1.165, 1.54) is 24.3 Å². The lowest BCUT2D eigenvalue weighted by molar-refractivity contribution is -0.118. The number of carbonyl (C=O) groups excluding carboxylic acids is 1. The molecule has 0 unspecified atom stereocenters. The lowest BCUT2D eigenvalue weighted by Crippen LogP contribution is -2.44. The van der Waals surface area contributed by atoms with Gasteiger partial charge in [-0.3, -0.25) is 4.79 Å². The third kappa shape index (κ3) is 5.61. The number of hydrogen-bond donors (Lipinski definition) is 2. The third-order valence-electron chi connectivity index (χ3n) is 4.18. The first-order valence-electron chi connectivity index (χ1n) is 8.75. The number of nitrogens with one attached hydrogen (secondary N) is 2. The van der Waals surface area contributed by atoms with Gasteiger partial charge in [-0.1, -0.05) is 37.6 Å². The summed E-state index contributed by atoms with van der Waals surface area (Å²) in [6.45, 7) is 7.21. The lowest BCUT2D eigenvalue weighted by Gasteiger charge is -2.21. The fraction of sp³-hybridized carbons (Fsp3) is 0.350. The number of halogens is 1. The average molecular weight is 392 g/mol. The van der Waals surface area contributed by atoms with E-state index in [0.717, 1.165) is 5.56 Å². The molecule has 0 aliphatic carbocycles. The number of benzene rings is 2. The molecule has 0 bridgehead atoms. The SMILES string of the molecule is Cc1ccc(S(=O)(=O)N[C@@H](CC(C)C)C(=O)Nc2cccc(F)c2C)cc1. The van der Waals surface area contributed by atoms with Gasteiger partial charge in [0.2, 0.25) is 15.9 Å². The molecule has 5 nitrogen and oxygen atoms in total. The van der Waals surface area contributed by atoms with E-state index >= 15 is 0 Å². The molecule has 0 heterocycles. The molecule has 0 aromatic heterocycles. The van der Waals surface area contributed by atoms with Crippen molar-refractivity contribution < 1.29 is 17.6 Å². The summed E-state index contributed by atoms with van der Waals surface area (Å²) in [4.78, 5) is 12.8. The first kappa shape index (κ1) is 21.1. The largest absolute Gasteiger partial charge is 0.324 e. The van der Waals surface area contributed by atoms with E-state index < -0.39 is 27.8 Å². The van der Waals surface area contributed by atoms with Gasteiger partial charge in [-0.05, 0) is 50.5 Å². The van der Waals surface area contributed by atoms with E-state index in [9.17, 15) is 17.6 Å². The van der Waals surface area contributed by atoms with Gasteiger partial charge in [0.25, 0.3) is 0 Å². The zero-order chi connectivity index (χ0) is 20.2. The molecular formula is C20H25FN2O3S.